The second-order valence-corrected chi connectivity index (χ2v) is 7.23. The Bertz CT molecular complexity index is 968. The molecular weight excluding hydrogens is 398 g/mol. The molecule has 3 rings (SSSR count). The van der Waals surface area contributed by atoms with Crippen LogP contribution in [-0.4, -0.2) is 36.1 Å². The van der Waals surface area contributed by atoms with Crippen molar-refractivity contribution in [1.82, 2.24) is 15.2 Å². The minimum atomic E-state index is -0.307. The summed E-state index contributed by atoms with van der Waals surface area (Å²) in [6.07, 6.45) is 3.90. The third-order valence-electron chi connectivity index (χ3n) is 5.21. The summed E-state index contributed by atoms with van der Waals surface area (Å²) in [7, 11) is 3.28. The Hall–Kier alpha value is -3.26. The van der Waals surface area contributed by atoms with Crippen molar-refractivity contribution >= 4 is 5.91 Å². The lowest BCUT2D eigenvalue weighted by Gasteiger charge is -2.27. The average molecular weight is 428 g/mol. The summed E-state index contributed by atoms with van der Waals surface area (Å²) in [5, 5.41) is 2.77. The highest BCUT2D eigenvalue weighted by atomic mass is 16.5. The minimum absolute atomic E-state index is 0.243. The first kappa shape index (κ1) is 22.4. The highest BCUT2D eigenvalue weighted by Crippen LogP contribution is 2.27. The highest BCUT2D eigenvalue weighted by molar-refractivity contribution is 5.91. The standard InChI is InChI=1S/C23H29N3O5/c1-5-16(2)26(13-17-8-9-18(28-3)11-21(17)29-4)14-22-25-20(15-31-22)23(27)24-12-19-7-6-10-30-19/h6-11,15-16H,5,12-14H2,1-4H3,(H,24,27). The summed E-state index contributed by atoms with van der Waals surface area (Å²) < 4.78 is 21.6. The van der Waals surface area contributed by atoms with Gasteiger partial charge in [-0.05, 0) is 31.5 Å². The van der Waals surface area contributed by atoms with Crippen LogP contribution >= 0.6 is 0 Å². The summed E-state index contributed by atoms with van der Waals surface area (Å²) in [4.78, 5) is 19.0. The zero-order valence-corrected chi connectivity index (χ0v) is 18.4. The van der Waals surface area contributed by atoms with E-state index in [1.807, 2.05) is 18.2 Å². The Kier molecular flexibility index (Phi) is 7.72. The summed E-state index contributed by atoms with van der Waals surface area (Å²) in [6, 6.07) is 9.63. The van der Waals surface area contributed by atoms with E-state index in [1.165, 1.54) is 6.26 Å². The van der Waals surface area contributed by atoms with Crippen LogP contribution in [0.3, 0.4) is 0 Å². The predicted molar refractivity (Wildman–Crippen MR) is 115 cm³/mol. The molecule has 0 bridgehead atoms. The van der Waals surface area contributed by atoms with Crippen LogP contribution in [0.1, 0.15) is 48.0 Å². The lowest BCUT2D eigenvalue weighted by Crippen LogP contribution is -2.32. The maximum Gasteiger partial charge on any atom is 0.273 e. The Morgan fingerprint density at radius 2 is 2.03 bits per heavy atom. The molecule has 0 spiro atoms. The van der Waals surface area contributed by atoms with Crippen LogP contribution in [0.25, 0.3) is 0 Å². The largest absolute Gasteiger partial charge is 0.497 e. The predicted octanol–water partition coefficient (Wildman–Crippen LogP) is 4.02. The molecule has 166 valence electrons. The molecule has 0 aliphatic rings. The van der Waals surface area contributed by atoms with E-state index in [2.05, 4.69) is 29.0 Å². The molecule has 0 saturated heterocycles. The third-order valence-corrected chi connectivity index (χ3v) is 5.21. The Balaban J connectivity index is 1.68. The SMILES string of the molecule is CCC(C)N(Cc1nc(C(=O)NCc2ccco2)co1)Cc1ccc(OC)cc1OC. The first-order chi connectivity index (χ1) is 15.0. The molecule has 1 unspecified atom stereocenters. The summed E-state index contributed by atoms with van der Waals surface area (Å²) >= 11 is 0. The summed E-state index contributed by atoms with van der Waals surface area (Å²) in [5.74, 6) is 2.36. The number of benzene rings is 1. The van der Waals surface area contributed by atoms with Crippen LogP contribution in [0.2, 0.25) is 0 Å². The van der Waals surface area contributed by atoms with Crippen molar-refractivity contribution in [2.45, 2.75) is 45.9 Å². The number of amides is 1. The summed E-state index contributed by atoms with van der Waals surface area (Å²) in [5.41, 5.74) is 1.28. The smallest absolute Gasteiger partial charge is 0.273 e. The zero-order chi connectivity index (χ0) is 22.2. The quantitative estimate of drug-likeness (QED) is 0.494. The summed E-state index contributed by atoms with van der Waals surface area (Å²) in [6.45, 7) is 5.69. The van der Waals surface area contributed by atoms with Crippen molar-refractivity contribution in [2.75, 3.05) is 14.2 Å². The van der Waals surface area contributed by atoms with E-state index in [9.17, 15) is 4.79 Å². The molecule has 1 N–H and O–H groups in total. The molecule has 0 radical (unpaired) electrons. The number of ether oxygens (including phenoxy) is 2. The van der Waals surface area contributed by atoms with Gasteiger partial charge in [0.1, 0.15) is 23.5 Å². The van der Waals surface area contributed by atoms with E-state index < -0.39 is 0 Å². The molecule has 2 aromatic heterocycles. The highest BCUT2D eigenvalue weighted by Gasteiger charge is 2.20. The van der Waals surface area contributed by atoms with Gasteiger partial charge < -0.3 is 23.6 Å². The number of furan rings is 1. The van der Waals surface area contributed by atoms with Gasteiger partial charge in [0.05, 0.1) is 33.6 Å². The van der Waals surface area contributed by atoms with Crippen molar-refractivity contribution in [1.29, 1.82) is 0 Å². The van der Waals surface area contributed by atoms with Gasteiger partial charge in [-0.25, -0.2) is 4.98 Å². The van der Waals surface area contributed by atoms with Gasteiger partial charge in [0.2, 0.25) is 5.89 Å². The Morgan fingerprint density at radius 1 is 1.19 bits per heavy atom. The van der Waals surface area contributed by atoms with Crippen LogP contribution in [0.5, 0.6) is 11.5 Å². The second kappa shape index (κ2) is 10.7. The molecule has 3 aromatic rings. The lowest BCUT2D eigenvalue weighted by molar-refractivity contribution is 0.0943. The van der Waals surface area contributed by atoms with Crippen LogP contribution in [0, 0.1) is 0 Å². The first-order valence-electron chi connectivity index (χ1n) is 10.2. The van der Waals surface area contributed by atoms with Crippen molar-refractivity contribution in [3.63, 3.8) is 0 Å². The fourth-order valence-corrected chi connectivity index (χ4v) is 3.16. The Labute approximate surface area is 182 Å². The molecule has 0 fully saturated rings. The van der Waals surface area contributed by atoms with E-state index in [4.69, 9.17) is 18.3 Å². The number of methoxy groups -OCH3 is 2. The number of nitrogens with one attached hydrogen (secondary N) is 1. The number of hydrogen-bond acceptors (Lipinski definition) is 7. The number of carbonyl (C=O) groups excluding carboxylic acids is 1. The van der Waals surface area contributed by atoms with Gasteiger partial charge in [-0.3, -0.25) is 9.69 Å². The second-order valence-electron chi connectivity index (χ2n) is 7.23. The molecule has 0 aliphatic heterocycles. The monoisotopic (exact) mass is 427 g/mol. The topological polar surface area (TPSA) is 90.0 Å². The molecular formula is C23H29N3O5. The van der Waals surface area contributed by atoms with E-state index in [0.717, 1.165) is 23.5 Å². The molecule has 2 heterocycles. The number of oxazole rings is 1. The van der Waals surface area contributed by atoms with Crippen molar-refractivity contribution in [2.24, 2.45) is 0 Å². The van der Waals surface area contributed by atoms with E-state index >= 15 is 0 Å². The number of rotatable bonds is 11. The minimum Gasteiger partial charge on any atom is -0.497 e. The van der Waals surface area contributed by atoms with Gasteiger partial charge in [-0.2, -0.15) is 0 Å². The maximum absolute atomic E-state index is 12.3. The molecule has 8 nitrogen and oxygen atoms in total. The van der Waals surface area contributed by atoms with Gasteiger partial charge in [0, 0.05) is 24.2 Å². The average Bonchev–Trinajstić information content (AvgIpc) is 3.49. The van der Waals surface area contributed by atoms with Gasteiger partial charge in [0.25, 0.3) is 5.91 Å². The fourth-order valence-electron chi connectivity index (χ4n) is 3.16. The lowest BCUT2D eigenvalue weighted by atomic mass is 10.1. The van der Waals surface area contributed by atoms with Crippen LogP contribution in [-0.2, 0) is 19.6 Å². The van der Waals surface area contributed by atoms with E-state index in [-0.39, 0.29) is 17.6 Å². The maximum atomic E-state index is 12.3. The molecule has 1 aromatic carbocycles. The van der Waals surface area contributed by atoms with Crippen LogP contribution in [0.15, 0.2) is 51.7 Å². The van der Waals surface area contributed by atoms with E-state index in [1.54, 1.807) is 32.6 Å². The van der Waals surface area contributed by atoms with Gasteiger partial charge in [-0.1, -0.05) is 13.0 Å². The molecule has 0 saturated carbocycles. The fraction of sp³-hybridized carbons (Fsp3) is 0.391. The Morgan fingerprint density at radius 3 is 2.71 bits per heavy atom. The molecule has 8 heteroatoms. The van der Waals surface area contributed by atoms with Crippen molar-refractivity contribution in [3.8, 4) is 11.5 Å². The normalized spacial score (nSPS) is 12.0. The van der Waals surface area contributed by atoms with E-state index in [0.29, 0.717) is 31.3 Å². The first-order valence-corrected chi connectivity index (χ1v) is 10.2. The third kappa shape index (κ3) is 5.88. The number of nitrogens with zero attached hydrogens (tertiary/aromatic N) is 2. The molecule has 31 heavy (non-hydrogen) atoms. The van der Waals surface area contributed by atoms with Crippen LogP contribution < -0.4 is 14.8 Å². The zero-order valence-electron chi connectivity index (χ0n) is 18.4. The molecule has 0 aliphatic carbocycles. The van der Waals surface area contributed by atoms with Crippen LogP contribution in [0.4, 0.5) is 0 Å². The van der Waals surface area contributed by atoms with Crippen molar-refractivity contribution in [3.05, 3.63) is 65.8 Å². The van der Waals surface area contributed by atoms with Crippen molar-refractivity contribution < 1.29 is 23.1 Å². The van der Waals surface area contributed by atoms with Gasteiger partial charge >= 0.3 is 0 Å². The number of carbonyl (C=O) groups is 1. The van der Waals surface area contributed by atoms with Gasteiger partial charge in [0.15, 0.2) is 5.69 Å². The number of hydrogen-bond donors (Lipinski definition) is 1. The molecule has 1 atom stereocenters. The number of aromatic nitrogens is 1. The molecule has 1 amide bonds. The van der Waals surface area contributed by atoms with Gasteiger partial charge in [-0.15, -0.1) is 0 Å².